The molecular formula is C9H15IO2. The van der Waals surface area contributed by atoms with Crippen LogP contribution in [0.15, 0.2) is 0 Å². The van der Waals surface area contributed by atoms with Gasteiger partial charge in [-0.25, -0.2) is 0 Å². The molecule has 0 aromatic heterocycles. The highest BCUT2D eigenvalue weighted by molar-refractivity contribution is 14.1. The second-order valence-corrected chi connectivity index (χ2v) is 5.03. The van der Waals surface area contributed by atoms with Crippen molar-refractivity contribution in [2.24, 2.45) is 5.41 Å². The van der Waals surface area contributed by atoms with Crippen LogP contribution in [0.3, 0.4) is 0 Å². The standard InChI is InChI=1S/C9H15IO2/c10-5-9-3-1-8(6-11,2-4-9)7-12-9/h11H,1-7H2. The molecule has 2 saturated heterocycles. The van der Waals surface area contributed by atoms with Gasteiger partial charge in [-0.1, -0.05) is 22.6 Å². The van der Waals surface area contributed by atoms with Gasteiger partial charge in [-0.15, -0.1) is 0 Å². The Kier molecular flexibility index (Phi) is 2.38. The van der Waals surface area contributed by atoms with E-state index in [2.05, 4.69) is 22.6 Å². The van der Waals surface area contributed by atoms with Crippen molar-refractivity contribution in [1.82, 2.24) is 0 Å². The van der Waals surface area contributed by atoms with Crippen LogP contribution in [0.25, 0.3) is 0 Å². The van der Waals surface area contributed by atoms with E-state index >= 15 is 0 Å². The molecule has 2 bridgehead atoms. The van der Waals surface area contributed by atoms with E-state index in [1.165, 1.54) is 0 Å². The molecule has 12 heavy (non-hydrogen) atoms. The molecular weight excluding hydrogens is 267 g/mol. The van der Waals surface area contributed by atoms with Gasteiger partial charge in [0.25, 0.3) is 0 Å². The van der Waals surface area contributed by atoms with Crippen molar-refractivity contribution in [3.8, 4) is 0 Å². The van der Waals surface area contributed by atoms with E-state index in [4.69, 9.17) is 4.74 Å². The Morgan fingerprint density at radius 3 is 2.25 bits per heavy atom. The van der Waals surface area contributed by atoms with Gasteiger partial charge in [-0.2, -0.15) is 0 Å². The van der Waals surface area contributed by atoms with E-state index in [0.29, 0.717) is 6.61 Å². The highest BCUT2D eigenvalue weighted by Gasteiger charge is 2.48. The van der Waals surface area contributed by atoms with E-state index < -0.39 is 0 Å². The topological polar surface area (TPSA) is 29.5 Å². The van der Waals surface area contributed by atoms with Crippen molar-refractivity contribution in [2.75, 3.05) is 17.6 Å². The van der Waals surface area contributed by atoms with Crippen LogP contribution in [0.5, 0.6) is 0 Å². The highest BCUT2D eigenvalue weighted by atomic mass is 127. The van der Waals surface area contributed by atoms with Crippen molar-refractivity contribution in [1.29, 1.82) is 0 Å². The third-order valence-corrected chi connectivity index (χ3v) is 4.88. The molecule has 2 heterocycles. The maximum atomic E-state index is 9.24. The monoisotopic (exact) mass is 282 g/mol. The van der Waals surface area contributed by atoms with Crippen molar-refractivity contribution in [3.05, 3.63) is 0 Å². The first-order chi connectivity index (χ1) is 5.74. The van der Waals surface area contributed by atoms with Crippen molar-refractivity contribution < 1.29 is 9.84 Å². The lowest BCUT2D eigenvalue weighted by molar-refractivity contribution is -0.181. The molecule has 1 saturated carbocycles. The largest absolute Gasteiger partial charge is 0.396 e. The Labute approximate surface area is 86.8 Å². The molecule has 1 aliphatic carbocycles. The zero-order valence-electron chi connectivity index (χ0n) is 7.18. The fourth-order valence-corrected chi connectivity index (χ4v) is 3.19. The van der Waals surface area contributed by atoms with E-state index in [9.17, 15) is 5.11 Å². The minimum Gasteiger partial charge on any atom is -0.396 e. The van der Waals surface area contributed by atoms with Crippen molar-refractivity contribution >= 4 is 22.6 Å². The minimum absolute atomic E-state index is 0.132. The molecule has 3 heteroatoms. The first-order valence-electron chi connectivity index (χ1n) is 4.55. The lowest BCUT2D eigenvalue weighted by atomic mass is 9.67. The van der Waals surface area contributed by atoms with Gasteiger partial charge in [-0.3, -0.25) is 0 Å². The molecule has 0 aromatic rings. The third-order valence-electron chi connectivity index (χ3n) is 3.49. The number of hydrogen-bond donors (Lipinski definition) is 1. The predicted molar refractivity (Wildman–Crippen MR) is 55.6 cm³/mol. The molecule has 70 valence electrons. The number of ether oxygens (including phenoxy) is 1. The Hall–Kier alpha value is 0.650. The van der Waals surface area contributed by atoms with Crippen LogP contribution in [-0.2, 0) is 4.74 Å². The van der Waals surface area contributed by atoms with Crippen LogP contribution < -0.4 is 0 Å². The zero-order valence-corrected chi connectivity index (χ0v) is 9.34. The summed E-state index contributed by atoms with van der Waals surface area (Å²) in [7, 11) is 0. The predicted octanol–water partition coefficient (Wildman–Crippen LogP) is 1.74. The van der Waals surface area contributed by atoms with E-state index in [1.807, 2.05) is 0 Å². The highest BCUT2D eigenvalue weighted by Crippen LogP contribution is 2.49. The molecule has 3 fully saturated rings. The van der Waals surface area contributed by atoms with Crippen molar-refractivity contribution in [3.63, 3.8) is 0 Å². The maximum Gasteiger partial charge on any atom is 0.0772 e. The Morgan fingerprint density at radius 1 is 1.25 bits per heavy atom. The normalized spacial score (nSPS) is 46.5. The average Bonchev–Trinajstić information content (AvgIpc) is 2.21. The van der Waals surface area contributed by atoms with Crippen molar-refractivity contribution in [2.45, 2.75) is 31.3 Å². The number of hydrogen-bond acceptors (Lipinski definition) is 2. The van der Waals surface area contributed by atoms with Gasteiger partial charge in [-0.05, 0) is 25.7 Å². The molecule has 2 aliphatic heterocycles. The molecule has 0 aromatic carbocycles. The Balaban J connectivity index is 2.09. The fraction of sp³-hybridized carbons (Fsp3) is 1.00. The first kappa shape index (κ1) is 9.21. The molecule has 3 aliphatic rings. The summed E-state index contributed by atoms with van der Waals surface area (Å²) in [4.78, 5) is 0. The summed E-state index contributed by atoms with van der Waals surface area (Å²) in [6.07, 6.45) is 4.62. The summed E-state index contributed by atoms with van der Waals surface area (Å²) in [5, 5.41) is 9.24. The number of aliphatic hydroxyl groups is 1. The van der Waals surface area contributed by atoms with Crippen LogP contribution in [0.2, 0.25) is 0 Å². The number of alkyl halides is 1. The Morgan fingerprint density at radius 2 is 1.92 bits per heavy atom. The lowest BCUT2D eigenvalue weighted by Gasteiger charge is -2.52. The molecule has 0 atom stereocenters. The van der Waals surface area contributed by atoms with Gasteiger partial charge in [0.05, 0.1) is 18.8 Å². The first-order valence-corrected chi connectivity index (χ1v) is 6.08. The molecule has 0 amide bonds. The van der Waals surface area contributed by atoms with Crippen LogP contribution in [0, 0.1) is 5.41 Å². The summed E-state index contributed by atoms with van der Waals surface area (Å²) in [6, 6.07) is 0. The van der Waals surface area contributed by atoms with Gasteiger partial charge in [0.15, 0.2) is 0 Å². The Bertz CT molecular complexity index is 137. The average molecular weight is 282 g/mol. The maximum absolute atomic E-state index is 9.24. The van der Waals surface area contributed by atoms with Gasteiger partial charge in [0, 0.05) is 9.84 Å². The van der Waals surface area contributed by atoms with Crippen LogP contribution in [0.1, 0.15) is 25.7 Å². The van der Waals surface area contributed by atoms with Gasteiger partial charge in [0.2, 0.25) is 0 Å². The molecule has 3 rings (SSSR count). The molecule has 2 nitrogen and oxygen atoms in total. The SMILES string of the molecule is OCC12CCC(CI)(CC1)OC2. The van der Waals surface area contributed by atoms with Crippen LogP contribution in [0.4, 0.5) is 0 Å². The quantitative estimate of drug-likeness (QED) is 0.617. The van der Waals surface area contributed by atoms with Crippen LogP contribution in [-0.4, -0.2) is 28.3 Å². The molecule has 0 spiro atoms. The van der Waals surface area contributed by atoms with E-state index in [-0.39, 0.29) is 11.0 Å². The van der Waals surface area contributed by atoms with Crippen LogP contribution >= 0.6 is 22.6 Å². The van der Waals surface area contributed by atoms with Gasteiger partial charge >= 0.3 is 0 Å². The van der Waals surface area contributed by atoms with E-state index in [1.54, 1.807) is 0 Å². The summed E-state index contributed by atoms with van der Waals surface area (Å²) < 4.78 is 6.94. The molecule has 0 unspecified atom stereocenters. The summed E-state index contributed by atoms with van der Waals surface area (Å²) >= 11 is 2.41. The van der Waals surface area contributed by atoms with Gasteiger partial charge < -0.3 is 9.84 Å². The number of fused-ring (bicyclic) bond motifs is 3. The molecule has 1 N–H and O–H groups in total. The summed E-state index contributed by atoms with van der Waals surface area (Å²) in [5.74, 6) is 0. The lowest BCUT2D eigenvalue weighted by Crippen LogP contribution is -2.53. The van der Waals surface area contributed by atoms with E-state index in [0.717, 1.165) is 36.7 Å². The minimum atomic E-state index is 0.132. The third kappa shape index (κ3) is 1.30. The smallest absolute Gasteiger partial charge is 0.0772 e. The zero-order chi connectivity index (χ0) is 8.66. The fourth-order valence-electron chi connectivity index (χ4n) is 2.21. The van der Waals surface area contributed by atoms with Gasteiger partial charge in [0.1, 0.15) is 0 Å². The number of halogens is 1. The number of rotatable bonds is 2. The second-order valence-electron chi connectivity index (χ2n) is 4.26. The second kappa shape index (κ2) is 3.10. The summed E-state index contributed by atoms with van der Waals surface area (Å²) in [6.45, 7) is 1.09. The summed E-state index contributed by atoms with van der Waals surface area (Å²) in [5.41, 5.74) is 0.311. The molecule has 0 radical (unpaired) electrons. The number of aliphatic hydroxyl groups excluding tert-OH is 1.